The van der Waals surface area contributed by atoms with E-state index < -0.39 is 0 Å². The fourth-order valence-electron chi connectivity index (χ4n) is 3.69. The molecule has 150 valence electrons. The van der Waals surface area contributed by atoms with E-state index in [2.05, 4.69) is 23.5 Å². The van der Waals surface area contributed by atoms with Crippen molar-refractivity contribution in [2.45, 2.75) is 46.5 Å². The standard InChI is InChI=1S/C25H28N2O2/c1-5-6-7-8-18-14-22(28)24(20-13-17(4)9-10-19(20)16(2)3)25(29)23(18)21-15-26-11-12-27-21/h9-15,28-29H,2,5-8H2,1,3-4H3. The topological polar surface area (TPSA) is 66.2 Å². The Morgan fingerprint density at radius 3 is 2.52 bits per heavy atom. The molecule has 29 heavy (non-hydrogen) atoms. The van der Waals surface area contributed by atoms with Gasteiger partial charge in [-0.1, -0.05) is 55.7 Å². The molecule has 0 bridgehead atoms. The fraction of sp³-hybridized carbons (Fsp3) is 0.280. The third-order valence-corrected chi connectivity index (χ3v) is 5.13. The summed E-state index contributed by atoms with van der Waals surface area (Å²) in [6.07, 6.45) is 8.78. The predicted octanol–water partition coefficient (Wildman–Crippen LogP) is 6.30. The number of aromatic hydroxyl groups is 2. The van der Waals surface area contributed by atoms with Crippen molar-refractivity contribution in [3.8, 4) is 33.9 Å². The molecule has 0 aliphatic carbocycles. The molecule has 1 heterocycles. The summed E-state index contributed by atoms with van der Waals surface area (Å²) in [4.78, 5) is 8.59. The monoisotopic (exact) mass is 388 g/mol. The Morgan fingerprint density at radius 1 is 1.07 bits per heavy atom. The highest BCUT2D eigenvalue weighted by atomic mass is 16.3. The fourth-order valence-corrected chi connectivity index (χ4v) is 3.69. The summed E-state index contributed by atoms with van der Waals surface area (Å²) in [6.45, 7) is 10.1. The van der Waals surface area contributed by atoms with Gasteiger partial charge in [0.2, 0.25) is 0 Å². The molecule has 0 amide bonds. The van der Waals surface area contributed by atoms with Crippen LogP contribution in [0.2, 0.25) is 0 Å². The van der Waals surface area contributed by atoms with E-state index in [1.54, 1.807) is 24.7 Å². The van der Waals surface area contributed by atoms with E-state index in [0.717, 1.165) is 53.5 Å². The van der Waals surface area contributed by atoms with Crippen molar-refractivity contribution in [2.24, 2.45) is 0 Å². The summed E-state index contributed by atoms with van der Waals surface area (Å²) in [5.74, 6) is 0.0971. The van der Waals surface area contributed by atoms with E-state index in [9.17, 15) is 10.2 Å². The van der Waals surface area contributed by atoms with Gasteiger partial charge in [0.15, 0.2) is 0 Å². The minimum absolute atomic E-state index is 0.0325. The first-order chi connectivity index (χ1) is 13.9. The molecular formula is C25H28N2O2. The molecule has 0 saturated carbocycles. The van der Waals surface area contributed by atoms with Gasteiger partial charge in [-0.2, -0.15) is 0 Å². The summed E-state index contributed by atoms with van der Waals surface area (Å²) in [5, 5.41) is 22.3. The normalized spacial score (nSPS) is 10.9. The highest BCUT2D eigenvalue weighted by molar-refractivity contribution is 5.91. The van der Waals surface area contributed by atoms with E-state index in [-0.39, 0.29) is 11.5 Å². The molecule has 0 atom stereocenters. The van der Waals surface area contributed by atoms with Gasteiger partial charge in [-0.3, -0.25) is 9.97 Å². The van der Waals surface area contributed by atoms with Crippen LogP contribution < -0.4 is 0 Å². The predicted molar refractivity (Wildman–Crippen MR) is 119 cm³/mol. The Morgan fingerprint density at radius 2 is 1.86 bits per heavy atom. The lowest BCUT2D eigenvalue weighted by Gasteiger charge is -2.19. The van der Waals surface area contributed by atoms with E-state index >= 15 is 0 Å². The molecule has 2 aromatic carbocycles. The molecule has 0 fully saturated rings. The maximum Gasteiger partial charge on any atom is 0.136 e. The highest BCUT2D eigenvalue weighted by Gasteiger charge is 2.22. The Kier molecular flexibility index (Phi) is 6.32. The van der Waals surface area contributed by atoms with Crippen molar-refractivity contribution in [1.29, 1.82) is 0 Å². The van der Waals surface area contributed by atoms with Crippen LogP contribution in [0.25, 0.3) is 28.0 Å². The zero-order chi connectivity index (χ0) is 21.0. The lowest BCUT2D eigenvalue weighted by molar-refractivity contribution is 0.454. The third kappa shape index (κ3) is 4.32. The molecule has 3 rings (SSSR count). The number of allylic oxidation sites excluding steroid dienone is 1. The number of hydrogen-bond donors (Lipinski definition) is 2. The van der Waals surface area contributed by atoms with E-state index in [0.29, 0.717) is 16.8 Å². The molecule has 4 heteroatoms. The van der Waals surface area contributed by atoms with Crippen molar-refractivity contribution < 1.29 is 10.2 Å². The molecule has 0 unspecified atom stereocenters. The summed E-state index contributed by atoms with van der Waals surface area (Å²) in [6, 6.07) is 7.71. The van der Waals surface area contributed by atoms with Gasteiger partial charge in [-0.15, -0.1) is 0 Å². The lowest BCUT2D eigenvalue weighted by atomic mass is 9.88. The average Bonchev–Trinajstić information content (AvgIpc) is 2.68. The minimum atomic E-state index is 0.0325. The molecule has 1 aromatic heterocycles. The first-order valence-electron chi connectivity index (χ1n) is 10.0. The zero-order valence-corrected chi connectivity index (χ0v) is 17.4. The van der Waals surface area contributed by atoms with Crippen LogP contribution in [0.3, 0.4) is 0 Å². The molecule has 0 aliphatic heterocycles. The van der Waals surface area contributed by atoms with Crippen molar-refractivity contribution in [3.05, 3.63) is 66.1 Å². The van der Waals surface area contributed by atoms with Gasteiger partial charge >= 0.3 is 0 Å². The molecule has 0 saturated heterocycles. The van der Waals surface area contributed by atoms with Crippen LogP contribution in [0, 0.1) is 6.92 Å². The van der Waals surface area contributed by atoms with Gasteiger partial charge < -0.3 is 10.2 Å². The van der Waals surface area contributed by atoms with Gasteiger partial charge in [0.25, 0.3) is 0 Å². The third-order valence-electron chi connectivity index (χ3n) is 5.13. The molecule has 0 radical (unpaired) electrons. The SMILES string of the molecule is C=C(C)c1ccc(C)cc1-c1c(O)cc(CCCCC)c(-c2cnccn2)c1O. The largest absolute Gasteiger partial charge is 0.507 e. The molecule has 3 aromatic rings. The minimum Gasteiger partial charge on any atom is -0.507 e. The van der Waals surface area contributed by atoms with Crippen molar-refractivity contribution in [3.63, 3.8) is 0 Å². The number of benzene rings is 2. The molecule has 2 N–H and O–H groups in total. The van der Waals surface area contributed by atoms with Crippen LogP contribution in [0.5, 0.6) is 11.5 Å². The summed E-state index contributed by atoms with van der Waals surface area (Å²) >= 11 is 0. The summed E-state index contributed by atoms with van der Waals surface area (Å²) < 4.78 is 0. The quantitative estimate of drug-likeness (QED) is 0.466. The number of hydrogen-bond acceptors (Lipinski definition) is 4. The number of nitrogens with zero attached hydrogens (tertiary/aromatic N) is 2. The Balaban J connectivity index is 2.28. The Labute approximate surface area is 172 Å². The van der Waals surface area contributed by atoms with Crippen molar-refractivity contribution in [1.82, 2.24) is 9.97 Å². The van der Waals surface area contributed by atoms with Crippen LogP contribution in [0.15, 0.2) is 49.4 Å². The second-order valence-corrected chi connectivity index (χ2v) is 7.53. The van der Waals surface area contributed by atoms with Crippen molar-refractivity contribution >= 4 is 5.57 Å². The van der Waals surface area contributed by atoms with Crippen LogP contribution in [-0.2, 0) is 6.42 Å². The smallest absolute Gasteiger partial charge is 0.136 e. The van der Waals surface area contributed by atoms with E-state index in [1.165, 1.54) is 0 Å². The average molecular weight is 389 g/mol. The zero-order valence-electron chi connectivity index (χ0n) is 17.4. The maximum absolute atomic E-state index is 11.4. The van der Waals surface area contributed by atoms with Crippen LogP contribution in [-0.4, -0.2) is 20.2 Å². The van der Waals surface area contributed by atoms with E-state index in [4.69, 9.17) is 0 Å². The number of unbranched alkanes of at least 4 members (excludes halogenated alkanes) is 2. The van der Waals surface area contributed by atoms with E-state index in [1.807, 2.05) is 32.0 Å². The van der Waals surface area contributed by atoms with Gasteiger partial charge in [-0.05, 0) is 49.4 Å². The number of rotatable bonds is 7. The lowest BCUT2D eigenvalue weighted by Crippen LogP contribution is -1.98. The Hall–Kier alpha value is -3.14. The first-order valence-corrected chi connectivity index (χ1v) is 10.0. The molecule has 4 nitrogen and oxygen atoms in total. The molecular weight excluding hydrogens is 360 g/mol. The Bertz CT molecular complexity index is 1030. The molecule has 0 spiro atoms. The van der Waals surface area contributed by atoms with Gasteiger partial charge in [-0.25, -0.2) is 0 Å². The van der Waals surface area contributed by atoms with Crippen LogP contribution >= 0.6 is 0 Å². The first kappa shape index (κ1) is 20.6. The van der Waals surface area contributed by atoms with Gasteiger partial charge in [0, 0.05) is 18.0 Å². The summed E-state index contributed by atoms with van der Waals surface area (Å²) in [5.41, 5.74) is 6.08. The number of aromatic nitrogens is 2. The number of aryl methyl sites for hydroxylation is 2. The van der Waals surface area contributed by atoms with Crippen LogP contribution in [0.1, 0.15) is 49.8 Å². The number of phenols is 2. The maximum atomic E-state index is 11.4. The van der Waals surface area contributed by atoms with Gasteiger partial charge in [0.1, 0.15) is 11.5 Å². The second kappa shape index (κ2) is 8.91. The summed E-state index contributed by atoms with van der Waals surface area (Å²) in [7, 11) is 0. The number of phenolic OH excluding ortho intramolecular Hbond substituents is 2. The highest BCUT2D eigenvalue weighted by Crippen LogP contribution is 2.47. The van der Waals surface area contributed by atoms with Crippen molar-refractivity contribution in [2.75, 3.05) is 0 Å². The second-order valence-electron chi connectivity index (χ2n) is 7.53. The molecule has 0 aliphatic rings. The van der Waals surface area contributed by atoms with Gasteiger partial charge in [0.05, 0.1) is 17.5 Å². The van der Waals surface area contributed by atoms with Crippen LogP contribution in [0.4, 0.5) is 0 Å².